The number of rotatable bonds is 4. The zero-order valence-corrected chi connectivity index (χ0v) is 10.3. The van der Waals surface area contributed by atoms with E-state index in [1.807, 2.05) is 6.07 Å². The van der Waals surface area contributed by atoms with Gasteiger partial charge in [0, 0.05) is 16.9 Å². The third-order valence-electron chi connectivity index (χ3n) is 2.12. The Hall–Kier alpha value is -1.48. The van der Waals surface area contributed by atoms with E-state index in [9.17, 15) is 18.0 Å². The van der Waals surface area contributed by atoms with E-state index in [4.69, 9.17) is 5.26 Å². The Kier molecular flexibility index (Phi) is 4.79. The lowest BCUT2D eigenvalue weighted by Gasteiger charge is -2.06. The number of benzene rings is 1. The van der Waals surface area contributed by atoms with Gasteiger partial charge in [-0.2, -0.15) is 18.4 Å². The van der Waals surface area contributed by atoms with Crippen molar-refractivity contribution in [1.29, 1.82) is 5.26 Å². The topological polar surface area (TPSA) is 40.9 Å². The van der Waals surface area contributed by atoms with Crippen molar-refractivity contribution in [2.45, 2.75) is 23.7 Å². The second-order valence-corrected chi connectivity index (χ2v) is 4.87. The van der Waals surface area contributed by atoms with Crippen LogP contribution in [-0.4, -0.2) is 11.3 Å². The van der Waals surface area contributed by atoms with Gasteiger partial charge in [-0.25, -0.2) is 0 Å². The fourth-order valence-corrected chi connectivity index (χ4v) is 1.82. The minimum atomic E-state index is -4.33. The molecule has 0 heterocycles. The molecule has 0 radical (unpaired) electrons. The first-order chi connectivity index (χ1) is 8.31. The highest BCUT2D eigenvalue weighted by atomic mass is 32.2. The van der Waals surface area contributed by atoms with Crippen LogP contribution < -0.4 is 0 Å². The number of hydrogen-bond acceptors (Lipinski definition) is 3. The van der Waals surface area contributed by atoms with Gasteiger partial charge < -0.3 is 0 Å². The van der Waals surface area contributed by atoms with Crippen molar-refractivity contribution in [2.24, 2.45) is 5.92 Å². The van der Waals surface area contributed by atoms with Gasteiger partial charge in [-0.1, -0.05) is 12.1 Å². The molecule has 0 aliphatic heterocycles. The summed E-state index contributed by atoms with van der Waals surface area (Å²) in [5.74, 6) is -0.644. The maximum Gasteiger partial charge on any atom is 0.446 e. The summed E-state index contributed by atoms with van der Waals surface area (Å²) in [5, 5.41) is 8.57. The number of ketones is 1. The summed E-state index contributed by atoms with van der Waals surface area (Å²) in [6.07, 6.45) is 0.0717. The normalized spacial score (nSPS) is 12.8. The van der Waals surface area contributed by atoms with Crippen LogP contribution in [-0.2, 0) is 0 Å². The lowest BCUT2D eigenvalue weighted by atomic mass is 10.0. The van der Waals surface area contributed by atoms with Crippen molar-refractivity contribution >= 4 is 17.5 Å². The van der Waals surface area contributed by atoms with Crippen molar-refractivity contribution < 1.29 is 18.0 Å². The number of carbonyl (C=O) groups excluding carboxylic acids is 1. The first kappa shape index (κ1) is 14.6. The molecular formula is C12H10F3NOS. The van der Waals surface area contributed by atoms with Gasteiger partial charge in [-0.15, -0.1) is 0 Å². The zero-order chi connectivity index (χ0) is 13.8. The summed E-state index contributed by atoms with van der Waals surface area (Å²) in [4.78, 5) is 11.7. The van der Waals surface area contributed by atoms with Gasteiger partial charge in [-0.3, -0.25) is 4.79 Å². The number of carbonyl (C=O) groups is 1. The number of hydrogen-bond donors (Lipinski definition) is 0. The van der Waals surface area contributed by atoms with E-state index in [1.165, 1.54) is 24.3 Å². The smallest absolute Gasteiger partial charge is 0.294 e. The summed E-state index contributed by atoms with van der Waals surface area (Å²) in [5.41, 5.74) is -4.01. The number of halogens is 3. The van der Waals surface area contributed by atoms with Gasteiger partial charge >= 0.3 is 5.51 Å². The second-order valence-electron chi connectivity index (χ2n) is 3.73. The Labute approximate surface area is 107 Å². The molecule has 6 heteroatoms. The number of alkyl halides is 3. The first-order valence-electron chi connectivity index (χ1n) is 5.10. The fraction of sp³-hybridized carbons (Fsp3) is 0.333. The predicted molar refractivity (Wildman–Crippen MR) is 62.1 cm³/mol. The molecule has 1 aromatic rings. The molecule has 0 aliphatic carbocycles. The summed E-state index contributed by atoms with van der Waals surface area (Å²) < 4.78 is 36.2. The minimum absolute atomic E-state index is 0.0346. The van der Waals surface area contributed by atoms with E-state index in [0.717, 1.165) is 0 Å². The predicted octanol–water partition coefficient (Wildman–Crippen LogP) is 4.03. The molecule has 0 amide bonds. The highest BCUT2D eigenvalue weighted by molar-refractivity contribution is 8.00. The van der Waals surface area contributed by atoms with Crippen LogP contribution in [0.5, 0.6) is 0 Å². The van der Waals surface area contributed by atoms with E-state index in [2.05, 4.69) is 0 Å². The average Bonchev–Trinajstić information content (AvgIpc) is 2.27. The lowest BCUT2D eigenvalue weighted by molar-refractivity contribution is -0.0328. The molecule has 2 nitrogen and oxygen atoms in total. The molecule has 0 N–H and O–H groups in total. The van der Waals surface area contributed by atoms with Crippen LogP contribution >= 0.6 is 11.8 Å². The quantitative estimate of drug-likeness (QED) is 0.614. The van der Waals surface area contributed by atoms with Gasteiger partial charge in [0.25, 0.3) is 0 Å². The van der Waals surface area contributed by atoms with E-state index < -0.39 is 11.4 Å². The zero-order valence-electron chi connectivity index (χ0n) is 9.49. The summed E-state index contributed by atoms with van der Waals surface area (Å²) in [6, 6.07) is 7.13. The van der Waals surface area contributed by atoms with Crippen molar-refractivity contribution in [2.75, 3.05) is 0 Å². The van der Waals surface area contributed by atoms with Crippen LogP contribution in [0.3, 0.4) is 0 Å². The van der Waals surface area contributed by atoms with Crippen LogP contribution in [0.4, 0.5) is 13.2 Å². The van der Waals surface area contributed by atoms with Crippen LogP contribution in [0.2, 0.25) is 0 Å². The number of thioether (sulfide) groups is 1. The molecule has 0 aliphatic rings. The van der Waals surface area contributed by atoms with Gasteiger partial charge in [0.15, 0.2) is 5.78 Å². The molecule has 0 spiro atoms. The summed E-state index contributed by atoms with van der Waals surface area (Å²) >= 11 is -0.224. The van der Waals surface area contributed by atoms with Crippen molar-refractivity contribution in [1.82, 2.24) is 0 Å². The Morgan fingerprint density at radius 3 is 2.39 bits per heavy atom. The molecule has 0 fully saturated rings. The van der Waals surface area contributed by atoms with Crippen LogP contribution in [0.25, 0.3) is 0 Å². The van der Waals surface area contributed by atoms with Gasteiger partial charge in [0.1, 0.15) is 0 Å². The number of Topliss-reactive ketones (excluding diaryl/α,β-unsaturated/α-hetero) is 1. The molecule has 0 bridgehead atoms. The molecule has 0 saturated carbocycles. The summed E-state index contributed by atoms with van der Waals surface area (Å²) in [6.45, 7) is 1.62. The van der Waals surface area contributed by atoms with Crippen LogP contribution in [0.1, 0.15) is 23.7 Å². The van der Waals surface area contributed by atoms with E-state index in [1.54, 1.807) is 6.92 Å². The molecule has 18 heavy (non-hydrogen) atoms. The van der Waals surface area contributed by atoms with E-state index in [-0.39, 0.29) is 28.9 Å². The molecule has 96 valence electrons. The standard InChI is InChI=1S/C12H10F3NOS/c1-8(7-16)6-11(17)9-2-4-10(5-3-9)18-12(13,14)15/h2-5,8H,6H2,1H3. The lowest BCUT2D eigenvalue weighted by Crippen LogP contribution is -2.04. The maximum absolute atomic E-state index is 12.1. The largest absolute Gasteiger partial charge is 0.446 e. The Balaban J connectivity index is 2.71. The Morgan fingerprint density at radius 1 is 1.39 bits per heavy atom. The molecule has 0 saturated heterocycles. The molecule has 1 aromatic carbocycles. The Bertz CT molecular complexity index is 462. The third kappa shape index (κ3) is 4.80. The molecule has 1 rings (SSSR count). The number of nitrogens with zero attached hydrogens (tertiary/aromatic N) is 1. The van der Waals surface area contributed by atoms with Gasteiger partial charge in [0.2, 0.25) is 0 Å². The van der Waals surface area contributed by atoms with Crippen molar-refractivity contribution in [3.05, 3.63) is 29.8 Å². The second kappa shape index (κ2) is 5.91. The SMILES string of the molecule is CC(C#N)CC(=O)c1ccc(SC(F)(F)F)cc1. The van der Waals surface area contributed by atoms with Crippen molar-refractivity contribution in [3.63, 3.8) is 0 Å². The maximum atomic E-state index is 12.1. The highest BCUT2D eigenvalue weighted by Crippen LogP contribution is 2.36. The number of nitriles is 1. The van der Waals surface area contributed by atoms with Crippen LogP contribution in [0.15, 0.2) is 29.2 Å². The fourth-order valence-electron chi connectivity index (χ4n) is 1.28. The highest BCUT2D eigenvalue weighted by Gasteiger charge is 2.29. The summed E-state index contributed by atoms with van der Waals surface area (Å²) in [7, 11) is 0. The first-order valence-corrected chi connectivity index (χ1v) is 5.92. The van der Waals surface area contributed by atoms with Crippen molar-refractivity contribution in [3.8, 4) is 6.07 Å². The third-order valence-corrected chi connectivity index (χ3v) is 2.86. The van der Waals surface area contributed by atoms with Crippen LogP contribution in [0, 0.1) is 17.2 Å². The molecular weight excluding hydrogens is 263 g/mol. The molecule has 1 atom stereocenters. The molecule has 1 unspecified atom stereocenters. The van der Waals surface area contributed by atoms with Gasteiger partial charge in [0.05, 0.1) is 12.0 Å². The van der Waals surface area contributed by atoms with Gasteiger partial charge in [-0.05, 0) is 30.8 Å². The van der Waals surface area contributed by atoms with E-state index in [0.29, 0.717) is 5.56 Å². The Morgan fingerprint density at radius 2 is 1.94 bits per heavy atom. The monoisotopic (exact) mass is 273 g/mol. The van der Waals surface area contributed by atoms with E-state index >= 15 is 0 Å². The minimum Gasteiger partial charge on any atom is -0.294 e. The average molecular weight is 273 g/mol. The molecule has 0 aromatic heterocycles.